The van der Waals surface area contributed by atoms with Crippen LogP contribution in [0, 0.1) is 0 Å². The second-order valence-electron chi connectivity index (χ2n) is 3.42. The third-order valence-electron chi connectivity index (χ3n) is 2.30. The average Bonchev–Trinajstić information content (AvgIpc) is 2.28. The Morgan fingerprint density at radius 3 is 2.50 bits per heavy atom. The van der Waals surface area contributed by atoms with Gasteiger partial charge in [-0.1, -0.05) is 18.2 Å². The lowest BCUT2D eigenvalue weighted by atomic mass is 9.97. The van der Waals surface area contributed by atoms with Gasteiger partial charge in [0.25, 0.3) is 0 Å². The predicted octanol–water partition coefficient (Wildman–Crippen LogP) is 1.10. The molecule has 4 nitrogen and oxygen atoms in total. The first-order valence-corrected chi connectivity index (χ1v) is 5.50. The summed E-state index contributed by atoms with van der Waals surface area (Å²) in [4.78, 5) is 10.9. The first-order chi connectivity index (χ1) is 7.57. The fraction of sp³-hybridized carbons (Fsp3) is 0.364. The van der Waals surface area contributed by atoms with E-state index < -0.39 is 18.2 Å². The van der Waals surface area contributed by atoms with Crippen LogP contribution in [-0.4, -0.2) is 33.1 Å². The van der Waals surface area contributed by atoms with Crippen LogP contribution in [0.15, 0.2) is 24.3 Å². The van der Waals surface area contributed by atoms with E-state index in [2.05, 4.69) is 12.6 Å². The summed E-state index contributed by atoms with van der Waals surface area (Å²) in [7, 11) is 0. The van der Waals surface area contributed by atoms with E-state index >= 15 is 0 Å². The largest absolute Gasteiger partial charge is 0.478 e. The Balaban J connectivity index is 2.98. The summed E-state index contributed by atoms with van der Waals surface area (Å²) < 4.78 is 0. The lowest BCUT2D eigenvalue weighted by Gasteiger charge is -2.18. The second-order valence-corrected chi connectivity index (χ2v) is 3.86. The van der Waals surface area contributed by atoms with Crippen LogP contribution in [0.4, 0.5) is 0 Å². The molecule has 16 heavy (non-hydrogen) atoms. The van der Waals surface area contributed by atoms with Gasteiger partial charge in [-0.2, -0.15) is 12.6 Å². The molecule has 5 heteroatoms. The molecule has 0 aliphatic rings. The molecule has 0 spiro atoms. The zero-order valence-electron chi connectivity index (χ0n) is 8.58. The van der Waals surface area contributed by atoms with Crippen molar-refractivity contribution in [2.75, 3.05) is 5.75 Å². The molecule has 0 amide bonds. The molecule has 0 radical (unpaired) electrons. The average molecular weight is 242 g/mol. The number of thiol groups is 1. The first kappa shape index (κ1) is 13.0. The molecule has 3 N–H and O–H groups in total. The summed E-state index contributed by atoms with van der Waals surface area (Å²) in [6.07, 6.45) is -1.89. The maximum atomic E-state index is 10.9. The van der Waals surface area contributed by atoms with Gasteiger partial charge in [-0.15, -0.1) is 0 Å². The van der Waals surface area contributed by atoms with Crippen molar-refractivity contribution in [2.45, 2.75) is 18.6 Å². The van der Waals surface area contributed by atoms with E-state index in [0.717, 1.165) is 0 Å². The fourth-order valence-corrected chi connectivity index (χ4v) is 1.71. The van der Waals surface area contributed by atoms with Gasteiger partial charge in [0.05, 0.1) is 11.7 Å². The molecule has 0 aliphatic heterocycles. The van der Waals surface area contributed by atoms with E-state index in [1.54, 1.807) is 12.1 Å². The molecule has 0 fully saturated rings. The normalized spacial score (nSPS) is 14.4. The Bertz CT molecular complexity index is 367. The van der Waals surface area contributed by atoms with E-state index in [1.807, 2.05) is 0 Å². The van der Waals surface area contributed by atoms with E-state index in [9.17, 15) is 15.0 Å². The van der Waals surface area contributed by atoms with Gasteiger partial charge in [0.15, 0.2) is 0 Å². The highest BCUT2D eigenvalue weighted by Crippen LogP contribution is 2.22. The summed E-state index contributed by atoms with van der Waals surface area (Å²) in [6, 6.07) is 6.09. The topological polar surface area (TPSA) is 77.8 Å². The third-order valence-corrected chi connectivity index (χ3v) is 2.56. The molecule has 1 rings (SSSR count). The minimum atomic E-state index is -1.19. The zero-order chi connectivity index (χ0) is 12.1. The molecular formula is C11H14O4S. The van der Waals surface area contributed by atoms with Gasteiger partial charge in [0.2, 0.25) is 0 Å². The summed E-state index contributed by atoms with van der Waals surface area (Å²) in [5, 5.41) is 28.3. The lowest BCUT2D eigenvalue weighted by Crippen LogP contribution is -2.21. The third kappa shape index (κ3) is 2.98. The Morgan fingerprint density at radius 2 is 1.94 bits per heavy atom. The number of carboxylic acid groups (broad SMARTS) is 1. The Labute approximate surface area is 99.0 Å². The molecule has 1 aromatic carbocycles. The van der Waals surface area contributed by atoms with Gasteiger partial charge in [-0.05, 0) is 23.8 Å². The van der Waals surface area contributed by atoms with Gasteiger partial charge < -0.3 is 15.3 Å². The molecule has 0 bridgehead atoms. The maximum Gasteiger partial charge on any atom is 0.336 e. The molecular weight excluding hydrogens is 228 g/mol. The van der Waals surface area contributed by atoms with Crippen molar-refractivity contribution in [3.63, 3.8) is 0 Å². The minimum Gasteiger partial charge on any atom is -0.478 e. The van der Waals surface area contributed by atoms with Crippen LogP contribution >= 0.6 is 12.6 Å². The smallest absolute Gasteiger partial charge is 0.336 e. The molecule has 0 aromatic heterocycles. The predicted molar refractivity (Wildman–Crippen MR) is 62.8 cm³/mol. The van der Waals surface area contributed by atoms with Crippen molar-refractivity contribution in [3.8, 4) is 0 Å². The molecule has 0 saturated heterocycles. The minimum absolute atomic E-state index is 0.00761. The number of aromatic carboxylic acids is 1. The first-order valence-electron chi connectivity index (χ1n) is 4.87. The van der Waals surface area contributed by atoms with E-state index in [0.29, 0.717) is 12.2 Å². The van der Waals surface area contributed by atoms with Crippen molar-refractivity contribution in [2.24, 2.45) is 0 Å². The number of hydrogen-bond donors (Lipinski definition) is 4. The number of carboxylic acids is 1. The van der Waals surface area contributed by atoms with Crippen LogP contribution in [0.2, 0.25) is 0 Å². The van der Waals surface area contributed by atoms with Crippen molar-refractivity contribution < 1.29 is 20.1 Å². The zero-order valence-corrected chi connectivity index (χ0v) is 9.47. The number of benzene rings is 1. The van der Waals surface area contributed by atoms with Crippen LogP contribution in [-0.2, 0) is 0 Å². The molecule has 2 unspecified atom stereocenters. The summed E-state index contributed by atoms with van der Waals surface area (Å²) in [5.74, 6) is -0.694. The highest BCUT2D eigenvalue weighted by Gasteiger charge is 2.22. The number of rotatable bonds is 5. The molecule has 1 aromatic rings. The van der Waals surface area contributed by atoms with Crippen LogP contribution in [0.25, 0.3) is 0 Å². The second kappa shape index (κ2) is 5.89. The number of aliphatic hydroxyl groups excluding tert-OH is 2. The lowest BCUT2D eigenvalue weighted by molar-refractivity contribution is 0.0162. The van der Waals surface area contributed by atoms with Gasteiger partial charge in [-0.3, -0.25) is 0 Å². The van der Waals surface area contributed by atoms with Gasteiger partial charge in [-0.25, -0.2) is 4.79 Å². The van der Waals surface area contributed by atoms with E-state index in [-0.39, 0.29) is 11.1 Å². The number of aliphatic hydroxyl groups is 2. The monoisotopic (exact) mass is 242 g/mol. The van der Waals surface area contributed by atoms with Gasteiger partial charge in [0, 0.05) is 0 Å². The fourth-order valence-electron chi connectivity index (χ4n) is 1.45. The van der Waals surface area contributed by atoms with Crippen LogP contribution in [0.3, 0.4) is 0 Å². The van der Waals surface area contributed by atoms with Crippen molar-refractivity contribution in [1.82, 2.24) is 0 Å². The Kier molecular flexibility index (Phi) is 4.79. The van der Waals surface area contributed by atoms with Crippen LogP contribution in [0.1, 0.15) is 28.4 Å². The summed E-state index contributed by atoms with van der Waals surface area (Å²) in [6.45, 7) is 0. The van der Waals surface area contributed by atoms with E-state index in [4.69, 9.17) is 5.11 Å². The molecule has 0 heterocycles. The number of hydrogen-bond acceptors (Lipinski definition) is 4. The SMILES string of the molecule is O=C(O)c1ccccc1C(O)C(O)CCS. The van der Waals surface area contributed by atoms with Crippen molar-refractivity contribution in [1.29, 1.82) is 0 Å². The standard InChI is InChI=1S/C11H14O4S/c12-9(5-6-16)10(13)7-3-1-2-4-8(7)11(14)15/h1-4,9-10,12-13,16H,5-6H2,(H,14,15). The van der Waals surface area contributed by atoms with Crippen LogP contribution < -0.4 is 0 Å². The molecule has 0 aliphatic carbocycles. The van der Waals surface area contributed by atoms with Crippen molar-refractivity contribution >= 4 is 18.6 Å². The number of carbonyl (C=O) groups is 1. The maximum absolute atomic E-state index is 10.9. The summed E-state index contributed by atoms with van der Waals surface area (Å²) in [5.41, 5.74) is 0.234. The molecule has 2 atom stereocenters. The summed E-state index contributed by atoms with van der Waals surface area (Å²) >= 11 is 3.95. The van der Waals surface area contributed by atoms with Gasteiger partial charge >= 0.3 is 5.97 Å². The highest BCUT2D eigenvalue weighted by atomic mass is 32.1. The molecule has 0 saturated carbocycles. The van der Waals surface area contributed by atoms with Gasteiger partial charge in [0.1, 0.15) is 6.10 Å². The quantitative estimate of drug-likeness (QED) is 0.583. The van der Waals surface area contributed by atoms with Crippen molar-refractivity contribution in [3.05, 3.63) is 35.4 Å². The van der Waals surface area contributed by atoms with Crippen LogP contribution in [0.5, 0.6) is 0 Å². The highest BCUT2D eigenvalue weighted by molar-refractivity contribution is 7.80. The Morgan fingerprint density at radius 1 is 1.31 bits per heavy atom. The molecule has 88 valence electrons. The Hall–Kier alpha value is -1.04. The van der Waals surface area contributed by atoms with E-state index in [1.165, 1.54) is 12.1 Å².